The molecule has 0 aliphatic carbocycles. The maximum Gasteiger partial charge on any atom is 0.194 e. The highest BCUT2D eigenvalue weighted by atomic mass is 19.2. The first-order valence-corrected chi connectivity index (χ1v) is 6.31. The van der Waals surface area contributed by atoms with Gasteiger partial charge in [0.05, 0.1) is 5.69 Å². The van der Waals surface area contributed by atoms with E-state index in [-0.39, 0.29) is 5.56 Å². The maximum absolute atomic E-state index is 13.3. The molecule has 2 rings (SSSR count). The quantitative estimate of drug-likeness (QED) is 0.871. The average molecular weight is 281 g/mol. The third-order valence-electron chi connectivity index (χ3n) is 2.73. The van der Waals surface area contributed by atoms with Gasteiger partial charge in [-0.05, 0) is 19.1 Å². The molecule has 0 spiro atoms. The number of rotatable bonds is 4. The molecule has 1 N–H and O–H groups in total. The van der Waals surface area contributed by atoms with Crippen molar-refractivity contribution in [3.8, 4) is 11.3 Å². The van der Waals surface area contributed by atoms with Crippen LogP contribution in [0.5, 0.6) is 0 Å². The second kappa shape index (κ2) is 5.90. The van der Waals surface area contributed by atoms with E-state index in [1.165, 1.54) is 0 Å². The van der Waals surface area contributed by atoms with Crippen LogP contribution in [0.3, 0.4) is 0 Å². The summed E-state index contributed by atoms with van der Waals surface area (Å²) in [5.74, 6) is -2.84. The smallest absolute Gasteiger partial charge is 0.194 e. The first-order chi connectivity index (χ1) is 9.55. The van der Waals surface area contributed by atoms with Gasteiger partial charge in [-0.3, -0.25) is 0 Å². The van der Waals surface area contributed by atoms with Crippen molar-refractivity contribution in [1.82, 2.24) is 9.97 Å². The number of aryl methyl sites for hydroxylation is 1. The topological polar surface area (TPSA) is 37.8 Å². The predicted molar refractivity (Wildman–Crippen MR) is 70.9 cm³/mol. The Morgan fingerprint density at radius 3 is 2.20 bits per heavy atom. The minimum atomic E-state index is -1.48. The van der Waals surface area contributed by atoms with Crippen LogP contribution in [0.25, 0.3) is 11.3 Å². The van der Waals surface area contributed by atoms with E-state index in [1.54, 1.807) is 6.07 Å². The van der Waals surface area contributed by atoms with Crippen LogP contribution in [0.2, 0.25) is 0 Å². The van der Waals surface area contributed by atoms with Crippen molar-refractivity contribution >= 4 is 5.82 Å². The third-order valence-corrected chi connectivity index (χ3v) is 2.73. The molecule has 1 heterocycles. The number of benzene rings is 1. The van der Waals surface area contributed by atoms with Crippen molar-refractivity contribution in [2.75, 3.05) is 11.9 Å². The van der Waals surface area contributed by atoms with Crippen molar-refractivity contribution in [2.24, 2.45) is 0 Å². The Hall–Kier alpha value is -2.11. The Kier molecular flexibility index (Phi) is 4.22. The van der Waals surface area contributed by atoms with Crippen LogP contribution in [0.15, 0.2) is 18.2 Å². The summed E-state index contributed by atoms with van der Waals surface area (Å²) in [7, 11) is 0. The second-order valence-electron chi connectivity index (χ2n) is 4.19. The summed E-state index contributed by atoms with van der Waals surface area (Å²) in [4.78, 5) is 8.46. The summed E-state index contributed by atoms with van der Waals surface area (Å²) < 4.78 is 39.5. The lowest BCUT2D eigenvalue weighted by atomic mass is 10.1. The second-order valence-corrected chi connectivity index (χ2v) is 4.19. The Labute approximate surface area is 114 Å². The predicted octanol–water partition coefficient (Wildman–Crippen LogP) is 3.56. The molecule has 6 heteroatoms. The molecule has 0 aliphatic rings. The molecule has 0 radical (unpaired) electrons. The van der Waals surface area contributed by atoms with Crippen molar-refractivity contribution < 1.29 is 13.2 Å². The normalized spacial score (nSPS) is 10.7. The summed E-state index contributed by atoms with van der Waals surface area (Å²) in [6.45, 7) is 4.44. The van der Waals surface area contributed by atoms with Crippen LogP contribution >= 0.6 is 0 Å². The van der Waals surface area contributed by atoms with Gasteiger partial charge in [-0.1, -0.05) is 6.92 Å². The fourth-order valence-corrected chi connectivity index (χ4v) is 1.78. The average Bonchev–Trinajstić information content (AvgIpc) is 2.44. The molecule has 20 heavy (non-hydrogen) atoms. The molecule has 0 aliphatic heterocycles. The fourth-order valence-electron chi connectivity index (χ4n) is 1.78. The minimum Gasteiger partial charge on any atom is -0.370 e. The van der Waals surface area contributed by atoms with E-state index in [0.717, 1.165) is 12.1 Å². The van der Waals surface area contributed by atoms with Crippen molar-refractivity contribution in [2.45, 2.75) is 20.3 Å². The Morgan fingerprint density at radius 2 is 1.65 bits per heavy atom. The van der Waals surface area contributed by atoms with Gasteiger partial charge in [0.1, 0.15) is 11.6 Å². The molecule has 106 valence electrons. The molecule has 1 aromatic carbocycles. The number of halogens is 3. The van der Waals surface area contributed by atoms with Crippen molar-refractivity contribution in [1.29, 1.82) is 0 Å². The summed E-state index contributed by atoms with van der Waals surface area (Å²) in [6.07, 6.45) is 0.582. The van der Waals surface area contributed by atoms with E-state index in [0.29, 0.717) is 30.3 Å². The van der Waals surface area contributed by atoms with Gasteiger partial charge in [0.15, 0.2) is 17.5 Å². The summed E-state index contributed by atoms with van der Waals surface area (Å²) in [5.41, 5.74) is 0.531. The van der Waals surface area contributed by atoms with Gasteiger partial charge in [-0.15, -0.1) is 0 Å². The highest BCUT2D eigenvalue weighted by molar-refractivity contribution is 5.62. The lowest BCUT2D eigenvalue weighted by molar-refractivity contribution is 0.447. The summed E-state index contributed by atoms with van der Waals surface area (Å²) in [5, 5.41) is 3.02. The van der Waals surface area contributed by atoms with Crippen molar-refractivity contribution in [3.05, 3.63) is 41.5 Å². The van der Waals surface area contributed by atoms with Gasteiger partial charge in [0, 0.05) is 24.6 Å². The number of hydrogen-bond acceptors (Lipinski definition) is 3. The highest BCUT2D eigenvalue weighted by Crippen LogP contribution is 2.24. The van der Waals surface area contributed by atoms with Gasteiger partial charge in [-0.25, -0.2) is 23.1 Å². The van der Waals surface area contributed by atoms with Gasteiger partial charge in [-0.2, -0.15) is 0 Å². The zero-order chi connectivity index (χ0) is 14.7. The van der Waals surface area contributed by atoms with Crippen LogP contribution in [-0.2, 0) is 6.42 Å². The minimum absolute atomic E-state index is 0.178. The van der Waals surface area contributed by atoms with E-state index in [1.807, 2.05) is 13.8 Å². The third kappa shape index (κ3) is 2.89. The molecule has 0 bridgehead atoms. The molecule has 0 atom stereocenters. The first kappa shape index (κ1) is 14.3. The van der Waals surface area contributed by atoms with Crippen LogP contribution in [0.1, 0.15) is 19.7 Å². The fraction of sp³-hybridized carbons (Fsp3) is 0.286. The largest absolute Gasteiger partial charge is 0.370 e. The maximum atomic E-state index is 13.3. The molecular formula is C14H14F3N3. The van der Waals surface area contributed by atoms with Gasteiger partial charge in [0.2, 0.25) is 0 Å². The lowest BCUT2D eigenvalue weighted by Gasteiger charge is -2.09. The standard InChI is InChI=1S/C14H14F3N3/c1-3-12-19-11(7-13(20-12)18-4-2)8-5-9(15)14(17)10(16)6-8/h5-7H,3-4H2,1-2H3,(H,18,19,20). The van der Waals surface area contributed by atoms with E-state index >= 15 is 0 Å². The SMILES string of the molecule is CCNc1cc(-c2cc(F)c(F)c(F)c2)nc(CC)n1. The number of nitrogens with zero attached hydrogens (tertiary/aromatic N) is 2. The van der Waals surface area contributed by atoms with E-state index in [2.05, 4.69) is 15.3 Å². The van der Waals surface area contributed by atoms with Crippen LogP contribution in [0.4, 0.5) is 19.0 Å². The monoisotopic (exact) mass is 281 g/mol. The molecule has 3 nitrogen and oxygen atoms in total. The highest BCUT2D eigenvalue weighted by Gasteiger charge is 2.13. The molecule has 0 amide bonds. The molecule has 0 unspecified atom stereocenters. The molecule has 0 fully saturated rings. The molecule has 2 aromatic rings. The van der Waals surface area contributed by atoms with E-state index in [9.17, 15) is 13.2 Å². The molecule has 0 saturated heterocycles. The zero-order valence-corrected chi connectivity index (χ0v) is 11.2. The van der Waals surface area contributed by atoms with Crippen molar-refractivity contribution in [3.63, 3.8) is 0 Å². The Bertz CT molecular complexity index is 606. The lowest BCUT2D eigenvalue weighted by Crippen LogP contribution is -2.04. The molecule has 1 aromatic heterocycles. The van der Waals surface area contributed by atoms with Gasteiger partial charge < -0.3 is 5.32 Å². The number of aromatic nitrogens is 2. The Morgan fingerprint density at radius 1 is 1.00 bits per heavy atom. The number of hydrogen-bond donors (Lipinski definition) is 1. The zero-order valence-electron chi connectivity index (χ0n) is 11.2. The van der Waals surface area contributed by atoms with Gasteiger partial charge >= 0.3 is 0 Å². The van der Waals surface area contributed by atoms with Gasteiger partial charge in [0.25, 0.3) is 0 Å². The summed E-state index contributed by atoms with van der Waals surface area (Å²) >= 11 is 0. The molecule has 0 saturated carbocycles. The molecular weight excluding hydrogens is 267 g/mol. The number of nitrogens with one attached hydrogen (secondary N) is 1. The Balaban J connectivity index is 2.53. The summed E-state index contributed by atoms with van der Waals surface area (Å²) in [6, 6.07) is 3.43. The first-order valence-electron chi connectivity index (χ1n) is 6.31. The van der Waals surface area contributed by atoms with Crippen LogP contribution in [-0.4, -0.2) is 16.5 Å². The van der Waals surface area contributed by atoms with Crippen LogP contribution in [0, 0.1) is 17.5 Å². The van der Waals surface area contributed by atoms with E-state index in [4.69, 9.17) is 0 Å². The van der Waals surface area contributed by atoms with Crippen LogP contribution < -0.4 is 5.32 Å². The number of anilines is 1. The van der Waals surface area contributed by atoms with E-state index < -0.39 is 17.5 Å².